The van der Waals surface area contributed by atoms with Crippen LogP contribution in [-0.2, 0) is 0 Å². The Kier molecular flexibility index (Phi) is 8.86. The number of alkyl halides is 3. The number of aliphatic imine (C=N–C) groups is 1. The third-order valence-corrected chi connectivity index (χ3v) is 7.69. The van der Waals surface area contributed by atoms with Gasteiger partial charge < -0.3 is 20.4 Å². The molecule has 230 valence electrons. The van der Waals surface area contributed by atoms with E-state index in [1.165, 1.54) is 30.5 Å². The lowest BCUT2D eigenvalue weighted by Crippen LogP contribution is -2.39. The van der Waals surface area contributed by atoms with E-state index >= 15 is 4.39 Å². The average molecular weight is 630 g/mol. The fourth-order valence-electron chi connectivity index (χ4n) is 5.31. The molecule has 0 radical (unpaired) electrons. The third kappa shape index (κ3) is 6.52. The normalized spacial score (nSPS) is 18.2. The molecule has 3 atom stereocenters. The molecule has 2 heterocycles. The van der Waals surface area contributed by atoms with Crippen LogP contribution < -0.4 is 15.8 Å². The van der Waals surface area contributed by atoms with Gasteiger partial charge in [-0.2, -0.15) is 13.2 Å². The summed E-state index contributed by atoms with van der Waals surface area (Å²) in [4.78, 5) is 26.2. The topological polar surface area (TPSA) is 131 Å². The fraction of sp³-hybridized carbons (Fsp3) is 0.300. The van der Waals surface area contributed by atoms with Crippen molar-refractivity contribution in [3.8, 4) is 17.1 Å². The Morgan fingerprint density at radius 2 is 2.02 bits per heavy atom. The third-order valence-electron chi connectivity index (χ3n) is 7.45. The summed E-state index contributed by atoms with van der Waals surface area (Å²) in [7, 11) is 0. The monoisotopic (exact) mass is 629 g/mol. The maximum absolute atomic E-state index is 15.0. The van der Waals surface area contributed by atoms with E-state index in [1.54, 1.807) is 24.3 Å². The van der Waals surface area contributed by atoms with Crippen LogP contribution in [-0.4, -0.2) is 50.9 Å². The van der Waals surface area contributed by atoms with Crippen molar-refractivity contribution in [3.05, 3.63) is 76.8 Å². The molecule has 4 N–H and O–H groups in total. The van der Waals surface area contributed by atoms with E-state index in [1.807, 2.05) is 4.57 Å². The number of carbonyl (C=O) groups excluding carboxylic acids is 1. The summed E-state index contributed by atoms with van der Waals surface area (Å²) < 4.78 is 61.6. The molecule has 9 nitrogen and oxygen atoms in total. The van der Waals surface area contributed by atoms with E-state index in [-0.39, 0.29) is 39.8 Å². The minimum atomic E-state index is -4.63. The lowest BCUT2D eigenvalue weighted by atomic mass is 9.90. The van der Waals surface area contributed by atoms with Crippen molar-refractivity contribution in [3.63, 3.8) is 0 Å². The highest BCUT2D eigenvalue weighted by atomic mass is 35.5. The van der Waals surface area contributed by atoms with Crippen molar-refractivity contribution in [2.24, 2.45) is 10.7 Å². The van der Waals surface area contributed by atoms with Crippen LogP contribution >= 0.6 is 11.6 Å². The van der Waals surface area contributed by atoms with Crippen LogP contribution in [0.15, 0.2) is 59.7 Å². The summed E-state index contributed by atoms with van der Waals surface area (Å²) in [6.45, 7) is 0.857. The first kappa shape index (κ1) is 30.9. The summed E-state index contributed by atoms with van der Waals surface area (Å²) in [5.74, 6) is -0.951. The lowest BCUT2D eigenvalue weighted by molar-refractivity contribution is -0.189. The Balaban J connectivity index is 1.48. The second-order valence-electron chi connectivity index (χ2n) is 10.4. The van der Waals surface area contributed by atoms with Gasteiger partial charge in [-0.1, -0.05) is 23.7 Å². The molecule has 0 spiro atoms. The van der Waals surface area contributed by atoms with Crippen molar-refractivity contribution in [1.29, 1.82) is 5.41 Å². The molecule has 14 heteroatoms. The number of nitrogens with zero attached hydrogens (tertiary/aromatic N) is 4. The number of halogens is 5. The molecule has 0 bridgehead atoms. The van der Waals surface area contributed by atoms with Crippen LogP contribution in [0.3, 0.4) is 0 Å². The van der Waals surface area contributed by atoms with Crippen molar-refractivity contribution in [2.75, 3.05) is 0 Å². The maximum Gasteiger partial charge on any atom is 0.425 e. The Hall–Kier alpha value is -4.52. The average Bonchev–Trinajstić information content (AvgIpc) is 3.36. The molecule has 1 amide bonds. The highest BCUT2D eigenvalue weighted by Crippen LogP contribution is 2.37. The molecule has 2 aromatic carbocycles. The van der Waals surface area contributed by atoms with Crippen LogP contribution in [0.1, 0.15) is 54.7 Å². The molecule has 44 heavy (non-hydrogen) atoms. The quantitative estimate of drug-likeness (QED) is 0.117. The Labute approximate surface area is 254 Å². The van der Waals surface area contributed by atoms with E-state index in [0.29, 0.717) is 48.2 Å². The highest BCUT2D eigenvalue weighted by Gasteiger charge is 2.39. The molecule has 3 unspecified atom stereocenters. The summed E-state index contributed by atoms with van der Waals surface area (Å²) in [5.41, 5.74) is 7.56. The van der Waals surface area contributed by atoms with Gasteiger partial charge >= 0.3 is 6.18 Å². The molecule has 0 aliphatic heterocycles. The number of hydrogen-bond acceptors (Lipinski definition) is 5. The zero-order valence-electron chi connectivity index (χ0n) is 23.4. The number of aromatic nitrogens is 3. The summed E-state index contributed by atoms with van der Waals surface area (Å²) >= 11 is 6.09. The van der Waals surface area contributed by atoms with Crippen LogP contribution in [0.25, 0.3) is 22.4 Å². The van der Waals surface area contributed by atoms with Gasteiger partial charge in [-0.3, -0.25) is 15.2 Å². The highest BCUT2D eigenvalue weighted by molar-refractivity contribution is 6.31. The van der Waals surface area contributed by atoms with Gasteiger partial charge in [-0.25, -0.2) is 14.4 Å². The van der Waals surface area contributed by atoms with Gasteiger partial charge in [0, 0.05) is 17.1 Å². The Bertz CT molecular complexity index is 1740. The predicted molar refractivity (Wildman–Crippen MR) is 159 cm³/mol. The fourth-order valence-corrected chi connectivity index (χ4v) is 5.48. The summed E-state index contributed by atoms with van der Waals surface area (Å²) in [5, 5.41) is 10.3. The SMILES string of the molecule is CC(Oc1ccc(Cl)cc1C(=O)NC1CCCC(n2c(-c3ccccc3F)nc3cnc(C(N)=NC=N)cc32)C1)C(F)(F)F. The number of hydrogen-bond donors (Lipinski definition) is 3. The molecule has 5 rings (SSSR count). The standard InChI is InChI=1S/C30H28ClF4N7O2/c1-16(30(33,34)35)44-26-10-9-17(31)11-21(26)29(43)40-18-5-4-6-19(12-18)42-25-13-23(27(37)39-15-36)38-14-24(25)41-28(42)20-7-2-3-8-22(20)32/h2-3,7-11,13-16,18-19H,4-6,12H2,1H3,(H,40,43)(H3,36,37,39). The van der Waals surface area contributed by atoms with Crippen LogP contribution in [0.4, 0.5) is 17.6 Å². The van der Waals surface area contributed by atoms with Crippen LogP contribution in [0, 0.1) is 11.2 Å². The second kappa shape index (κ2) is 12.6. The van der Waals surface area contributed by atoms with E-state index in [2.05, 4.69) is 15.3 Å². The lowest BCUT2D eigenvalue weighted by Gasteiger charge is -2.32. The van der Waals surface area contributed by atoms with Crippen molar-refractivity contribution in [2.45, 2.75) is 57.0 Å². The number of nitrogens with one attached hydrogen (secondary N) is 2. The molecule has 1 saturated carbocycles. The van der Waals surface area contributed by atoms with E-state index in [0.717, 1.165) is 13.3 Å². The largest absolute Gasteiger partial charge is 0.480 e. The molecule has 1 aliphatic rings. The maximum atomic E-state index is 15.0. The molecular formula is C30H28ClF4N7O2. The minimum absolute atomic E-state index is 0.0234. The number of nitrogens with two attached hydrogens (primary N) is 1. The minimum Gasteiger partial charge on any atom is -0.480 e. The Morgan fingerprint density at radius 1 is 1.25 bits per heavy atom. The number of amidine groups is 1. The number of pyridine rings is 1. The molecular weight excluding hydrogens is 602 g/mol. The number of imidazole rings is 1. The first-order valence-electron chi connectivity index (χ1n) is 13.8. The van der Waals surface area contributed by atoms with Gasteiger partial charge in [-0.05, 0) is 69.0 Å². The zero-order valence-corrected chi connectivity index (χ0v) is 24.2. The molecule has 2 aromatic heterocycles. The first-order chi connectivity index (χ1) is 21.0. The molecule has 1 fully saturated rings. The smallest absolute Gasteiger partial charge is 0.425 e. The number of benzene rings is 2. The van der Waals surface area contributed by atoms with Crippen LogP contribution in [0.2, 0.25) is 5.02 Å². The molecule has 1 aliphatic carbocycles. The van der Waals surface area contributed by atoms with Gasteiger partial charge in [-0.15, -0.1) is 0 Å². The van der Waals surface area contributed by atoms with Gasteiger partial charge in [0.15, 0.2) is 11.9 Å². The summed E-state index contributed by atoms with van der Waals surface area (Å²) in [6.07, 6.45) is -2.08. The van der Waals surface area contributed by atoms with Gasteiger partial charge in [0.1, 0.15) is 34.9 Å². The second-order valence-corrected chi connectivity index (χ2v) is 10.9. The number of ether oxygens (including phenoxy) is 1. The van der Waals surface area contributed by atoms with E-state index in [9.17, 15) is 18.0 Å². The van der Waals surface area contributed by atoms with Gasteiger partial charge in [0.05, 0.1) is 22.8 Å². The van der Waals surface area contributed by atoms with Gasteiger partial charge in [0.25, 0.3) is 5.91 Å². The summed E-state index contributed by atoms with van der Waals surface area (Å²) in [6, 6.07) is 11.1. The molecule has 4 aromatic rings. The van der Waals surface area contributed by atoms with Crippen molar-refractivity contribution in [1.82, 2.24) is 19.9 Å². The van der Waals surface area contributed by atoms with Gasteiger partial charge in [0.2, 0.25) is 0 Å². The molecule has 0 saturated heterocycles. The van der Waals surface area contributed by atoms with E-state index in [4.69, 9.17) is 32.5 Å². The predicted octanol–water partition coefficient (Wildman–Crippen LogP) is 6.45. The number of carbonyl (C=O) groups is 1. The van der Waals surface area contributed by atoms with Crippen molar-refractivity contribution < 1.29 is 27.1 Å². The van der Waals surface area contributed by atoms with Crippen LogP contribution in [0.5, 0.6) is 5.75 Å². The van der Waals surface area contributed by atoms with Crippen molar-refractivity contribution >= 4 is 40.7 Å². The number of amides is 1. The number of fused-ring (bicyclic) bond motifs is 1. The number of rotatable bonds is 8. The first-order valence-corrected chi connectivity index (χ1v) is 14.1. The Morgan fingerprint density at radius 3 is 2.75 bits per heavy atom. The van der Waals surface area contributed by atoms with E-state index < -0.39 is 24.0 Å². The zero-order chi connectivity index (χ0) is 31.6.